The lowest BCUT2D eigenvalue weighted by Crippen LogP contribution is -2.30. The van der Waals surface area contributed by atoms with Crippen LogP contribution in [-0.4, -0.2) is 37.2 Å². The number of carbonyl (C=O) groups is 3. The van der Waals surface area contributed by atoms with Crippen molar-refractivity contribution in [1.29, 1.82) is 0 Å². The molecule has 0 aromatic rings. The summed E-state index contributed by atoms with van der Waals surface area (Å²) in [5, 5.41) is 0. The molecule has 1 atom stereocenters. The lowest BCUT2D eigenvalue weighted by molar-refractivity contribution is -0.167. The molecule has 0 saturated heterocycles. The molecule has 0 radical (unpaired) electrons. The van der Waals surface area contributed by atoms with Crippen LogP contribution in [0.4, 0.5) is 0 Å². The molecule has 6 heteroatoms. The van der Waals surface area contributed by atoms with Gasteiger partial charge in [-0.2, -0.15) is 0 Å². The monoisotopic (exact) mass is 747 g/mol. The van der Waals surface area contributed by atoms with Crippen LogP contribution in [0, 0.1) is 0 Å². The van der Waals surface area contributed by atoms with E-state index in [1.54, 1.807) is 0 Å². The van der Waals surface area contributed by atoms with E-state index >= 15 is 0 Å². The Morgan fingerprint density at radius 2 is 0.679 bits per heavy atom. The van der Waals surface area contributed by atoms with Gasteiger partial charge in [0.1, 0.15) is 13.2 Å². The molecule has 0 aliphatic heterocycles. The Morgan fingerprint density at radius 1 is 0.377 bits per heavy atom. The number of unbranched alkanes of at least 4 members (excludes halogenated alkanes) is 27. The largest absolute Gasteiger partial charge is 0.462 e. The fourth-order valence-corrected chi connectivity index (χ4v) is 6.48. The SMILES string of the molecule is CCCC/C=C\C=C/CCCCCC(=O)OC(COC(=O)CCCCCCCCCCCC)COC(=O)CCCCCCCCCCCCCCCC. The zero-order valence-corrected chi connectivity index (χ0v) is 35.3. The van der Waals surface area contributed by atoms with Crippen LogP contribution >= 0.6 is 0 Å². The molecular formula is C47H86O6. The summed E-state index contributed by atoms with van der Waals surface area (Å²) in [6, 6.07) is 0. The molecule has 0 aliphatic carbocycles. The first-order chi connectivity index (χ1) is 26.0. The van der Waals surface area contributed by atoms with Gasteiger partial charge in [-0.15, -0.1) is 0 Å². The van der Waals surface area contributed by atoms with Crippen LogP contribution in [0.15, 0.2) is 24.3 Å². The molecule has 0 amide bonds. The van der Waals surface area contributed by atoms with Crippen molar-refractivity contribution in [3.63, 3.8) is 0 Å². The second kappa shape index (κ2) is 42.6. The van der Waals surface area contributed by atoms with Gasteiger partial charge in [0.2, 0.25) is 0 Å². The van der Waals surface area contributed by atoms with Crippen molar-refractivity contribution in [2.24, 2.45) is 0 Å². The van der Waals surface area contributed by atoms with Gasteiger partial charge in [-0.25, -0.2) is 0 Å². The predicted molar refractivity (Wildman–Crippen MR) is 224 cm³/mol. The number of hydrogen-bond donors (Lipinski definition) is 0. The fraction of sp³-hybridized carbons (Fsp3) is 0.851. The Balaban J connectivity index is 4.36. The number of ether oxygens (including phenoxy) is 3. The Hall–Kier alpha value is -2.11. The molecule has 0 saturated carbocycles. The van der Waals surface area contributed by atoms with Crippen molar-refractivity contribution in [2.45, 2.75) is 245 Å². The number of hydrogen-bond acceptors (Lipinski definition) is 6. The van der Waals surface area contributed by atoms with E-state index in [-0.39, 0.29) is 31.1 Å². The van der Waals surface area contributed by atoms with Gasteiger partial charge in [0, 0.05) is 19.3 Å². The Kier molecular flexibility index (Phi) is 40.9. The maximum Gasteiger partial charge on any atom is 0.306 e. The predicted octanol–water partition coefficient (Wildman–Crippen LogP) is 14.4. The van der Waals surface area contributed by atoms with E-state index in [0.29, 0.717) is 19.3 Å². The van der Waals surface area contributed by atoms with E-state index in [0.717, 1.165) is 70.6 Å². The normalized spacial score (nSPS) is 12.1. The molecule has 0 bridgehead atoms. The smallest absolute Gasteiger partial charge is 0.306 e. The number of allylic oxidation sites excluding steroid dienone is 4. The molecule has 1 unspecified atom stereocenters. The standard InChI is InChI=1S/C47H86O6/c1-4-7-10-13-16-19-22-23-24-26-28-31-34-37-40-46(49)52-43-44(42-51-45(48)39-36-33-30-27-21-18-15-12-9-6-3)53-47(50)41-38-35-32-29-25-20-17-14-11-8-5-2/h14,17,20,25,44H,4-13,15-16,18-19,21-24,26-43H2,1-3H3/b17-14-,25-20-. The van der Waals surface area contributed by atoms with E-state index < -0.39 is 6.10 Å². The minimum atomic E-state index is -0.776. The minimum Gasteiger partial charge on any atom is -0.462 e. The van der Waals surface area contributed by atoms with Gasteiger partial charge in [-0.3, -0.25) is 14.4 Å². The number of rotatable bonds is 41. The second-order valence-corrected chi connectivity index (χ2v) is 15.4. The summed E-state index contributed by atoms with van der Waals surface area (Å²) < 4.78 is 16.7. The average molecular weight is 747 g/mol. The third-order valence-corrected chi connectivity index (χ3v) is 9.99. The lowest BCUT2D eigenvalue weighted by Gasteiger charge is -2.18. The highest BCUT2D eigenvalue weighted by Crippen LogP contribution is 2.15. The van der Waals surface area contributed by atoms with Crippen molar-refractivity contribution >= 4 is 17.9 Å². The third kappa shape index (κ3) is 40.9. The molecule has 0 aliphatic rings. The van der Waals surface area contributed by atoms with Crippen LogP contribution in [0.1, 0.15) is 239 Å². The molecule has 0 aromatic heterocycles. The van der Waals surface area contributed by atoms with Crippen LogP contribution in [0.3, 0.4) is 0 Å². The number of esters is 3. The summed E-state index contributed by atoms with van der Waals surface area (Å²) in [7, 11) is 0. The van der Waals surface area contributed by atoms with Crippen molar-refractivity contribution < 1.29 is 28.6 Å². The molecule has 0 rings (SSSR count). The zero-order chi connectivity index (χ0) is 38.7. The Morgan fingerprint density at radius 3 is 1.06 bits per heavy atom. The van der Waals surface area contributed by atoms with Gasteiger partial charge in [0.15, 0.2) is 6.10 Å². The first-order valence-corrected chi connectivity index (χ1v) is 22.9. The topological polar surface area (TPSA) is 78.9 Å². The van der Waals surface area contributed by atoms with Gasteiger partial charge in [0.25, 0.3) is 0 Å². The maximum absolute atomic E-state index is 12.7. The highest BCUT2D eigenvalue weighted by molar-refractivity contribution is 5.71. The Labute approximate surface area is 328 Å². The van der Waals surface area contributed by atoms with Gasteiger partial charge in [0.05, 0.1) is 0 Å². The number of carbonyl (C=O) groups excluding carboxylic acids is 3. The summed E-state index contributed by atoms with van der Waals surface area (Å²) in [5.41, 5.74) is 0. The second-order valence-electron chi connectivity index (χ2n) is 15.4. The van der Waals surface area contributed by atoms with Crippen molar-refractivity contribution in [3.05, 3.63) is 24.3 Å². The van der Waals surface area contributed by atoms with E-state index in [9.17, 15) is 14.4 Å². The highest BCUT2D eigenvalue weighted by Gasteiger charge is 2.19. The van der Waals surface area contributed by atoms with E-state index in [1.807, 2.05) is 0 Å². The fourth-order valence-electron chi connectivity index (χ4n) is 6.48. The summed E-state index contributed by atoms with van der Waals surface area (Å²) in [6.45, 7) is 6.55. The van der Waals surface area contributed by atoms with Crippen LogP contribution in [0.2, 0.25) is 0 Å². The Bertz CT molecular complexity index is 865. The van der Waals surface area contributed by atoms with Crippen molar-refractivity contribution in [2.75, 3.05) is 13.2 Å². The molecule has 0 aromatic carbocycles. The zero-order valence-electron chi connectivity index (χ0n) is 35.3. The van der Waals surface area contributed by atoms with E-state index in [4.69, 9.17) is 14.2 Å². The van der Waals surface area contributed by atoms with Crippen molar-refractivity contribution in [3.8, 4) is 0 Å². The summed E-state index contributed by atoms with van der Waals surface area (Å²) in [4.78, 5) is 37.6. The van der Waals surface area contributed by atoms with Gasteiger partial charge >= 0.3 is 17.9 Å². The molecule has 0 N–H and O–H groups in total. The minimum absolute atomic E-state index is 0.0781. The maximum atomic E-state index is 12.7. The lowest BCUT2D eigenvalue weighted by atomic mass is 10.0. The van der Waals surface area contributed by atoms with E-state index in [2.05, 4.69) is 45.1 Å². The van der Waals surface area contributed by atoms with Crippen LogP contribution in [0.25, 0.3) is 0 Å². The molecule has 6 nitrogen and oxygen atoms in total. The summed E-state index contributed by atoms with van der Waals surface area (Å²) >= 11 is 0. The van der Waals surface area contributed by atoms with Gasteiger partial charge in [-0.05, 0) is 38.5 Å². The van der Waals surface area contributed by atoms with Crippen LogP contribution < -0.4 is 0 Å². The highest BCUT2D eigenvalue weighted by atomic mass is 16.6. The van der Waals surface area contributed by atoms with E-state index in [1.165, 1.54) is 128 Å². The van der Waals surface area contributed by atoms with Gasteiger partial charge in [-0.1, -0.05) is 206 Å². The van der Waals surface area contributed by atoms with Gasteiger partial charge < -0.3 is 14.2 Å². The van der Waals surface area contributed by atoms with Crippen LogP contribution in [-0.2, 0) is 28.6 Å². The summed E-state index contributed by atoms with van der Waals surface area (Å²) in [5.74, 6) is -0.902. The molecule has 53 heavy (non-hydrogen) atoms. The summed E-state index contributed by atoms with van der Waals surface area (Å²) in [6.07, 6.45) is 45.9. The first kappa shape index (κ1) is 50.9. The molecule has 310 valence electrons. The van der Waals surface area contributed by atoms with Crippen LogP contribution in [0.5, 0.6) is 0 Å². The molecule has 0 spiro atoms. The van der Waals surface area contributed by atoms with Crippen molar-refractivity contribution in [1.82, 2.24) is 0 Å². The average Bonchev–Trinajstić information content (AvgIpc) is 3.15. The first-order valence-electron chi connectivity index (χ1n) is 22.9. The molecule has 0 fully saturated rings. The molecular weight excluding hydrogens is 661 g/mol. The third-order valence-electron chi connectivity index (χ3n) is 9.99. The molecule has 0 heterocycles. The quantitative estimate of drug-likeness (QED) is 0.0268.